The smallest absolute Gasteiger partial charge is 0.144 e. The Morgan fingerprint density at radius 1 is 1.10 bits per heavy atom. The lowest BCUT2D eigenvalue weighted by atomic mass is 10.1. The summed E-state index contributed by atoms with van der Waals surface area (Å²) in [5.41, 5.74) is 3.40. The van der Waals surface area contributed by atoms with Crippen molar-refractivity contribution in [3.8, 4) is 22.8 Å². The quantitative estimate of drug-likeness (QED) is 0.713. The standard InChI is InChI=1S/C18H18N2O/c1-3-21-17-6-4-5-16(13-17)20-12-11-19-18(20)15-9-7-14(2)8-10-15/h4-13H,3H2,1-2H3. The second kappa shape index (κ2) is 5.83. The molecule has 0 bridgehead atoms. The highest BCUT2D eigenvalue weighted by molar-refractivity contribution is 5.59. The maximum Gasteiger partial charge on any atom is 0.144 e. The summed E-state index contributed by atoms with van der Waals surface area (Å²) in [6, 6.07) is 16.5. The summed E-state index contributed by atoms with van der Waals surface area (Å²) in [7, 11) is 0. The van der Waals surface area contributed by atoms with Gasteiger partial charge in [-0.1, -0.05) is 35.9 Å². The molecule has 3 nitrogen and oxygen atoms in total. The van der Waals surface area contributed by atoms with Gasteiger partial charge in [0.05, 0.1) is 12.3 Å². The van der Waals surface area contributed by atoms with Gasteiger partial charge in [0.15, 0.2) is 0 Å². The minimum Gasteiger partial charge on any atom is -0.494 e. The van der Waals surface area contributed by atoms with Gasteiger partial charge in [0.2, 0.25) is 0 Å². The highest BCUT2D eigenvalue weighted by Crippen LogP contribution is 2.24. The van der Waals surface area contributed by atoms with Crippen molar-refractivity contribution < 1.29 is 4.74 Å². The molecule has 0 saturated heterocycles. The molecule has 0 atom stereocenters. The predicted octanol–water partition coefficient (Wildman–Crippen LogP) is 4.25. The molecule has 3 heteroatoms. The summed E-state index contributed by atoms with van der Waals surface area (Å²) in [5.74, 6) is 1.81. The first-order valence-electron chi connectivity index (χ1n) is 7.11. The first kappa shape index (κ1) is 13.4. The van der Waals surface area contributed by atoms with Crippen LogP contribution in [0.2, 0.25) is 0 Å². The van der Waals surface area contributed by atoms with Gasteiger partial charge in [0.25, 0.3) is 0 Å². The van der Waals surface area contributed by atoms with E-state index in [4.69, 9.17) is 4.74 Å². The van der Waals surface area contributed by atoms with E-state index in [0.29, 0.717) is 6.61 Å². The van der Waals surface area contributed by atoms with Crippen LogP contribution in [0, 0.1) is 6.92 Å². The molecule has 106 valence electrons. The molecule has 0 unspecified atom stereocenters. The summed E-state index contributed by atoms with van der Waals surface area (Å²) in [6.07, 6.45) is 3.79. The second-order valence-corrected chi connectivity index (χ2v) is 4.92. The average molecular weight is 278 g/mol. The number of ether oxygens (including phenoxy) is 1. The van der Waals surface area contributed by atoms with E-state index in [1.165, 1.54) is 5.56 Å². The number of benzene rings is 2. The molecule has 1 heterocycles. The molecule has 2 aromatic carbocycles. The summed E-state index contributed by atoms with van der Waals surface area (Å²) in [6.45, 7) is 4.74. The van der Waals surface area contributed by atoms with Crippen LogP contribution in [0.15, 0.2) is 60.9 Å². The van der Waals surface area contributed by atoms with Gasteiger partial charge in [-0.15, -0.1) is 0 Å². The molecule has 0 aliphatic heterocycles. The van der Waals surface area contributed by atoms with E-state index in [9.17, 15) is 0 Å². The number of hydrogen-bond acceptors (Lipinski definition) is 2. The van der Waals surface area contributed by atoms with Crippen LogP contribution in [0.4, 0.5) is 0 Å². The number of imidazole rings is 1. The van der Waals surface area contributed by atoms with E-state index in [-0.39, 0.29) is 0 Å². The lowest BCUT2D eigenvalue weighted by Gasteiger charge is -2.10. The van der Waals surface area contributed by atoms with Gasteiger partial charge >= 0.3 is 0 Å². The van der Waals surface area contributed by atoms with E-state index < -0.39 is 0 Å². The molecule has 0 radical (unpaired) electrons. The van der Waals surface area contributed by atoms with Crippen molar-refractivity contribution >= 4 is 0 Å². The SMILES string of the molecule is CCOc1cccc(-n2ccnc2-c2ccc(C)cc2)c1. The largest absolute Gasteiger partial charge is 0.494 e. The summed E-state index contributed by atoms with van der Waals surface area (Å²) in [4.78, 5) is 4.49. The highest BCUT2D eigenvalue weighted by atomic mass is 16.5. The van der Waals surface area contributed by atoms with Crippen molar-refractivity contribution in [1.29, 1.82) is 0 Å². The molecule has 0 aliphatic carbocycles. The molecular weight excluding hydrogens is 260 g/mol. The van der Waals surface area contributed by atoms with E-state index in [1.54, 1.807) is 0 Å². The van der Waals surface area contributed by atoms with Gasteiger partial charge in [0, 0.05) is 24.0 Å². The maximum absolute atomic E-state index is 5.57. The Bertz CT molecular complexity index is 729. The third kappa shape index (κ3) is 2.82. The average Bonchev–Trinajstić information content (AvgIpc) is 2.98. The fourth-order valence-electron chi connectivity index (χ4n) is 2.32. The Morgan fingerprint density at radius 3 is 2.67 bits per heavy atom. The molecule has 0 N–H and O–H groups in total. The number of rotatable bonds is 4. The molecular formula is C18H18N2O. The fraction of sp³-hybridized carbons (Fsp3) is 0.167. The van der Waals surface area contributed by atoms with Crippen molar-refractivity contribution in [3.05, 3.63) is 66.5 Å². The normalized spacial score (nSPS) is 10.6. The van der Waals surface area contributed by atoms with Crippen LogP contribution < -0.4 is 4.74 Å². The second-order valence-electron chi connectivity index (χ2n) is 4.92. The minimum absolute atomic E-state index is 0.665. The lowest BCUT2D eigenvalue weighted by molar-refractivity contribution is 0.340. The van der Waals surface area contributed by atoms with Crippen LogP contribution in [0.25, 0.3) is 17.1 Å². The molecule has 3 aromatic rings. The monoisotopic (exact) mass is 278 g/mol. The zero-order chi connectivity index (χ0) is 14.7. The fourth-order valence-corrected chi connectivity index (χ4v) is 2.32. The molecule has 0 amide bonds. The number of aromatic nitrogens is 2. The Morgan fingerprint density at radius 2 is 1.90 bits per heavy atom. The van der Waals surface area contributed by atoms with Crippen LogP contribution in [0.3, 0.4) is 0 Å². The van der Waals surface area contributed by atoms with Gasteiger partial charge in [0.1, 0.15) is 11.6 Å². The predicted molar refractivity (Wildman–Crippen MR) is 84.9 cm³/mol. The first-order chi connectivity index (χ1) is 10.3. The van der Waals surface area contributed by atoms with Crippen LogP contribution in [-0.2, 0) is 0 Å². The zero-order valence-electron chi connectivity index (χ0n) is 12.3. The van der Waals surface area contributed by atoms with E-state index in [1.807, 2.05) is 37.5 Å². The number of nitrogens with zero attached hydrogens (tertiary/aromatic N) is 2. The van der Waals surface area contributed by atoms with E-state index >= 15 is 0 Å². The highest BCUT2D eigenvalue weighted by Gasteiger charge is 2.08. The van der Waals surface area contributed by atoms with Crippen molar-refractivity contribution in [2.24, 2.45) is 0 Å². The van der Waals surface area contributed by atoms with Gasteiger partial charge < -0.3 is 4.74 Å². The Hall–Kier alpha value is -2.55. The van der Waals surface area contributed by atoms with Crippen molar-refractivity contribution in [2.45, 2.75) is 13.8 Å². The Balaban J connectivity index is 2.02. The van der Waals surface area contributed by atoms with Gasteiger partial charge in [-0.05, 0) is 26.0 Å². The van der Waals surface area contributed by atoms with E-state index in [0.717, 1.165) is 22.8 Å². The summed E-state index contributed by atoms with van der Waals surface area (Å²) in [5, 5.41) is 0. The molecule has 0 saturated carbocycles. The van der Waals surface area contributed by atoms with Crippen LogP contribution >= 0.6 is 0 Å². The van der Waals surface area contributed by atoms with Crippen LogP contribution in [0.5, 0.6) is 5.75 Å². The van der Waals surface area contributed by atoms with Crippen LogP contribution in [0.1, 0.15) is 12.5 Å². The first-order valence-corrected chi connectivity index (χ1v) is 7.11. The van der Waals surface area contributed by atoms with Gasteiger partial charge in [-0.25, -0.2) is 4.98 Å². The molecule has 1 aromatic heterocycles. The van der Waals surface area contributed by atoms with Crippen molar-refractivity contribution in [1.82, 2.24) is 9.55 Å². The third-order valence-corrected chi connectivity index (χ3v) is 3.36. The summed E-state index contributed by atoms with van der Waals surface area (Å²) < 4.78 is 7.65. The topological polar surface area (TPSA) is 27.1 Å². The number of hydrogen-bond donors (Lipinski definition) is 0. The third-order valence-electron chi connectivity index (χ3n) is 3.36. The van der Waals surface area contributed by atoms with Crippen LogP contribution in [-0.4, -0.2) is 16.2 Å². The minimum atomic E-state index is 0.665. The molecule has 0 spiro atoms. The zero-order valence-corrected chi connectivity index (χ0v) is 12.3. The summed E-state index contributed by atoms with van der Waals surface area (Å²) >= 11 is 0. The molecule has 0 fully saturated rings. The maximum atomic E-state index is 5.57. The molecule has 0 aliphatic rings. The Labute approximate surface area is 124 Å². The van der Waals surface area contributed by atoms with Crippen molar-refractivity contribution in [2.75, 3.05) is 6.61 Å². The van der Waals surface area contributed by atoms with Crippen molar-refractivity contribution in [3.63, 3.8) is 0 Å². The molecule has 21 heavy (non-hydrogen) atoms. The van der Waals surface area contributed by atoms with Gasteiger partial charge in [-0.3, -0.25) is 4.57 Å². The van der Waals surface area contributed by atoms with E-state index in [2.05, 4.69) is 46.8 Å². The molecule has 3 rings (SSSR count). The lowest BCUT2D eigenvalue weighted by Crippen LogP contribution is -1.98. The Kier molecular flexibility index (Phi) is 3.73. The van der Waals surface area contributed by atoms with Gasteiger partial charge in [-0.2, -0.15) is 0 Å². The number of aryl methyl sites for hydroxylation is 1.